The summed E-state index contributed by atoms with van der Waals surface area (Å²) in [5, 5.41) is 2.97. The maximum absolute atomic E-state index is 15.0. The Kier molecular flexibility index (Phi) is 7.33. The summed E-state index contributed by atoms with van der Waals surface area (Å²) in [6.07, 6.45) is -1.15. The van der Waals surface area contributed by atoms with E-state index in [0.717, 1.165) is 5.56 Å². The number of rotatable bonds is 6. The van der Waals surface area contributed by atoms with Gasteiger partial charge in [-0.3, -0.25) is 0 Å². The predicted molar refractivity (Wildman–Crippen MR) is 106 cm³/mol. The maximum atomic E-state index is 15.0. The highest BCUT2D eigenvalue weighted by Gasteiger charge is 2.38. The van der Waals surface area contributed by atoms with Crippen molar-refractivity contribution in [2.45, 2.75) is 31.6 Å². The second-order valence-corrected chi connectivity index (χ2v) is 8.47. The predicted octanol–water partition coefficient (Wildman–Crippen LogP) is 3.07. The Morgan fingerprint density at radius 2 is 1.85 bits per heavy atom. The molecule has 1 heterocycles. The summed E-state index contributed by atoms with van der Waals surface area (Å²) in [6.45, 7) is 1.54. The van der Waals surface area contributed by atoms with Crippen LogP contribution in [0.2, 0.25) is 0 Å². The van der Waals surface area contributed by atoms with Crippen molar-refractivity contribution in [1.82, 2.24) is 10.0 Å². The van der Waals surface area contributed by atoms with E-state index in [1.807, 2.05) is 30.3 Å². The number of benzene rings is 2. The first-order valence-electron chi connectivity index (χ1n) is 8.61. The molecule has 0 saturated carbocycles. The van der Waals surface area contributed by atoms with Gasteiger partial charge in [-0.05, 0) is 24.5 Å². The van der Waals surface area contributed by atoms with E-state index < -0.39 is 28.3 Å². The van der Waals surface area contributed by atoms with E-state index in [4.69, 9.17) is 0 Å². The maximum Gasteiger partial charge on any atom is 0.211 e. The Morgan fingerprint density at radius 1 is 1.15 bits per heavy atom. The molecule has 0 bridgehead atoms. The molecule has 0 aromatic heterocycles. The lowest BCUT2D eigenvalue weighted by Crippen LogP contribution is -2.48. The van der Waals surface area contributed by atoms with Gasteiger partial charge in [0.25, 0.3) is 0 Å². The molecule has 0 amide bonds. The van der Waals surface area contributed by atoms with Gasteiger partial charge in [-0.1, -0.05) is 48.5 Å². The van der Waals surface area contributed by atoms with E-state index in [9.17, 15) is 17.2 Å². The molecule has 0 spiro atoms. The zero-order valence-corrected chi connectivity index (χ0v) is 16.5. The third-order valence-electron chi connectivity index (χ3n) is 4.70. The van der Waals surface area contributed by atoms with Crippen molar-refractivity contribution in [1.29, 1.82) is 0 Å². The number of hydrogen-bond donors (Lipinski definition) is 2. The second kappa shape index (κ2) is 9.10. The third kappa shape index (κ3) is 5.04. The standard InChI is InChI=1S/C19H22F2N2O2S.ClH/c1-2-26(24,25)23-19-16(20)12-22-17(19)11-14-9-6-10-15(18(14)21)13-7-4-3-5-8-13;/h3-10,16-17,19,22-23H,2,11-12H2,1H3;1H/t16-,17-,19-;/m0./s1. The SMILES string of the molecule is CCS(=O)(=O)N[C@@H]1[C@H](Cc2cccc(-c3ccccc3)c2F)NC[C@@H]1F.Cl. The van der Waals surface area contributed by atoms with Crippen LogP contribution in [0.1, 0.15) is 12.5 Å². The molecule has 3 atom stereocenters. The van der Waals surface area contributed by atoms with Gasteiger partial charge in [0.15, 0.2) is 0 Å². The lowest BCUT2D eigenvalue weighted by molar-refractivity contribution is 0.304. The smallest absolute Gasteiger partial charge is 0.211 e. The van der Waals surface area contributed by atoms with Gasteiger partial charge in [0, 0.05) is 18.2 Å². The molecule has 3 rings (SSSR count). The van der Waals surface area contributed by atoms with E-state index in [2.05, 4.69) is 10.0 Å². The summed E-state index contributed by atoms with van der Waals surface area (Å²) >= 11 is 0. The minimum Gasteiger partial charge on any atom is -0.309 e. The van der Waals surface area contributed by atoms with Crippen molar-refractivity contribution in [2.75, 3.05) is 12.3 Å². The van der Waals surface area contributed by atoms with Crippen molar-refractivity contribution in [3.63, 3.8) is 0 Å². The normalized spacial score (nSPS) is 22.4. The fraction of sp³-hybridized carbons (Fsp3) is 0.368. The van der Waals surface area contributed by atoms with Crippen LogP contribution >= 0.6 is 12.4 Å². The molecule has 1 fully saturated rings. The van der Waals surface area contributed by atoms with E-state index >= 15 is 0 Å². The van der Waals surface area contributed by atoms with Crippen molar-refractivity contribution in [3.05, 3.63) is 59.9 Å². The molecule has 8 heteroatoms. The highest BCUT2D eigenvalue weighted by Crippen LogP contribution is 2.27. The largest absolute Gasteiger partial charge is 0.309 e. The van der Waals surface area contributed by atoms with Crippen LogP contribution < -0.4 is 10.0 Å². The van der Waals surface area contributed by atoms with Crippen LogP contribution in [0.4, 0.5) is 8.78 Å². The summed E-state index contributed by atoms with van der Waals surface area (Å²) in [5.41, 5.74) is 1.67. The zero-order valence-electron chi connectivity index (χ0n) is 14.9. The van der Waals surface area contributed by atoms with E-state index in [1.54, 1.807) is 18.2 Å². The van der Waals surface area contributed by atoms with Crippen LogP contribution in [0.3, 0.4) is 0 Å². The molecule has 148 valence electrons. The molecule has 2 aromatic carbocycles. The molecule has 1 saturated heterocycles. The monoisotopic (exact) mass is 416 g/mol. The van der Waals surface area contributed by atoms with Crippen LogP contribution in [0.25, 0.3) is 11.1 Å². The topological polar surface area (TPSA) is 58.2 Å². The molecular formula is C19H23ClF2N2O2S. The molecule has 2 N–H and O–H groups in total. The summed E-state index contributed by atoms with van der Waals surface area (Å²) in [6, 6.07) is 12.9. The Balaban J connectivity index is 0.00000261. The van der Waals surface area contributed by atoms with Crippen LogP contribution in [0.5, 0.6) is 0 Å². The molecule has 27 heavy (non-hydrogen) atoms. The van der Waals surface area contributed by atoms with Gasteiger partial charge >= 0.3 is 0 Å². The number of halogens is 3. The molecule has 0 unspecified atom stereocenters. The van der Waals surface area contributed by atoms with Crippen LogP contribution in [0, 0.1) is 5.82 Å². The summed E-state index contributed by atoms with van der Waals surface area (Å²) in [4.78, 5) is 0. The Bertz CT molecular complexity index is 865. The Labute approximate surface area is 164 Å². The molecule has 0 radical (unpaired) electrons. The lowest BCUT2D eigenvalue weighted by Gasteiger charge is -2.22. The highest BCUT2D eigenvalue weighted by atomic mass is 35.5. The zero-order chi connectivity index (χ0) is 18.7. The van der Waals surface area contributed by atoms with Gasteiger partial charge in [0.2, 0.25) is 10.0 Å². The first-order chi connectivity index (χ1) is 12.4. The Hall–Kier alpha value is -1.54. The number of nitrogens with one attached hydrogen (secondary N) is 2. The van der Waals surface area contributed by atoms with Crippen molar-refractivity contribution in [2.24, 2.45) is 0 Å². The van der Waals surface area contributed by atoms with Gasteiger partial charge in [-0.2, -0.15) is 0 Å². The number of alkyl halides is 1. The van der Waals surface area contributed by atoms with E-state index in [0.29, 0.717) is 11.1 Å². The van der Waals surface area contributed by atoms with Gasteiger partial charge in [-0.15, -0.1) is 12.4 Å². The first-order valence-corrected chi connectivity index (χ1v) is 10.3. The van der Waals surface area contributed by atoms with E-state index in [-0.39, 0.29) is 36.9 Å². The van der Waals surface area contributed by atoms with Crippen molar-refractivity contribution < 1.29 is 17.2 Å². The van der Waals surface area contributed by atoms with E-state index in [1.165, 1.54) is 6.92 Å². The van der Waals surface area contributed by atoms with Crippen LogP contribution in [-0.2, 0) is 16.4 Å². The molecule has 0 aliphatic carbocycles. The Morgan fingerprint density at radius 3 is 2.52 bits per heavy atom. The minimum atomic E-state index is -3.55. The molecule has 1 aliphatic rings. The van der Waals surface area contributed by atoms with Crippen LogP contribution in [-0.4, -0.2) is 39.0 Å². The van der Waals surface area contributed by atoms with Crippen molar-refractivity contribution >= 4 is 22.4 Å². The molecule has 4 nitrogen and oxygen atoms in total. The average Bonchev–Trinajstić information content (AvgIpc) is 2.97. The highest BCUT2D eigenvalue weighted by molar-refractivity contribution is 7.89. The average molecular weight is 417 g/mol. The minimum absolute atomic E-state index is 0. The van der Waals surface area contributed by atoms with Crippen LogP contribution in [0.15, 0.2) is 48.5 Å². The molecular weight excluding hydrogens is 394 g/mol. The van der Waals surface area contributed by atoms with Crippen molar-refractivity contribution in [3.8, 4) is 11.1 Å². The summed E-state index contributed by atoms with van der Waals surface area (Å²) in [7, 11) is -3.55. The quantitative estimate of drug-likeness (QED) is 0.760. The van der Waals surface area contributed by atoms with Gasteiger partial charge in [0.05, 0.1) is 11.8 Å². The molecule has 1 aliphatic heterocycles. The van der Waals surface area contributed by atoms with Gasteiger partial charge < -0.3 is 5.32 Å². The lowest BCUT2D eigenvalue weighted by atomic mass is 9.96. The third-order valence-corrected chi connectivity index (χ3v) is 6.09. The summed E-state index contributed by atoms with van der Waals surface area (Å²) < 4.78 is 55.2. The van der Waals surface area contributed by atoms with Gasteiger partial charge in [0.1, 0.15) is 12.0 Å². The first kappa shape index (κ1) is 21.8. The fourth-order valence-electron chi connectivity index (χ4n) is 3.23. The second-order valence-electron chi connectivity index (χ2n) is 6.43. The molecule has 2 aromatic rings. The fourth-order valence-corrected chi connectivity index (χ4v) is 4.12. The number of hydrogen-bond acceptors (Lipinski definition) is 3. The van der Waals surface area contributed by atoms with Gasteiger partial charge in [-0.25, -0.2) is 21.9 Å². The number of sulfonamides is 1. The summed E-state index contributed by atoms with van der Waals surface area (Å²) in [5.74, 6) is -0.485.